The van der Waals surface area contributed by atoms with Crippen molar-refractivity contribution in [3.05, 3.63) is 101 Å². The summed E-state index contributed by atoms with van der Waals surface area (Å²) in [6.07, 6.45) is 1.60. The number of nitrogens with zero attached hydrogens (tertiary/aromatic N) is 1. The summed E-state index contributed by atoms with van der Waals surface area (Å²) < 4.78 is 28.2. The van der Waals surface area contributed by atoms with Crippen LogP contribution in [0.4, 0.5) is 11.4 Å². The summed E-state index contributed by atoms with van der Waals surface area (Å²) in [7, 11) is -1.93. The molecule has 7 heteroatoms. The Morgan fingerprint density at radius 2 is 1.69 bits per heavy atom. The first-order valence-corrected chi connectivity index (χ1v) is 11.9. The Hall–Kier alpha value is -3.09. The standard InChI is InChI=1S/C25H23ClN2O3S/c1-25(2)21-9-4-5-10-22(21)28(3)24(25)16-23(29)17-7-6-8-20(15-17)32(30,31)27-19-13-11-18(26)12-14-19/h4-16,27H,1-3H3/b24-16-. The zero-order valence-electron chi connectivity index (χ0n) is 18.0. The van der Waals surface area contributed by atoms with E-state index in [0.29, 0.717) is 16.3 Å². The van der Waals surface area contributed by atoms with Gasteiger partial charge in [0.1, 0.15) is 0 Å². The van der Waals surface area contributed by atoms with Gasteiger partial charge in [-0.15, -0.1) is 0 Å². The minimum absolute atomic E-state index is 0.0130. The molecule has 1 aliphatic heterocycles. The molecule has 32 heavy (non-hydrogen) atoms. The predicted molar refractivity (Wildman–Crippen MR) is 129 cm³/mol. The Kier molecular flexibility index (Phi) is 5.61. The van der Waals surface area contributed by atoms with Gasteiger partial charge in [0.2, 0.25) is 0 Å². The molecular weight excluding hydrogens is 444 g/mol. The largest absolute Gasteiger partial charge is 0.347 e. The highest BCUT2D eigenvalue weighted by molar-refractivity contribution is 7.92. The van der Waals surface area contributed by atoms with Gasteiger partial charge >= 0.3 is 0 Å². The van der Waals surface area contributed by atoms with Crippen LogP contribution in [0.1, 0.15) is 29.8 Å². The molecule has 3 aromatic rings. The highest BCUT2D eigenvalue weighted by atomic mass is 35.5. The molecule has 0 unspecified atom stereocenters. The number of sulfonamides is 1. The highest BCUT2D eigenvalue weighted by Crippen LogP contribution is 2.46. The van der Waals surface area contributed by atoms with Crippen LogP contribution in [0.25, 0.3) is 0 Å². The first-order valence-electron chi connectivity index (χ1n) is 10.1. The van der Waals surface area contributed by atoms with Crippen molar-refractivity contribution in [1.82, 2.24) is 0 Å². The molecule has 0 saturated carbocycles. The molecule has 1 aliphatic rings. The van der Waals surface area contributed by atoms with Gasteiger partial charge in [0, 0.05) is 46.2 Å². The summed E-state index contributed by atoms with van der Waals surface area (Å²) in [5.41, 5.74) is 3.40. The van der Waals surface area contributed by atoms with Crippen molar-refractivity contribution in [3.8, 4) is 0 Å². The van der Waals surface area contributed by atoms with E-state index < -0.39 is 10.0 Å². The number of allylic oxidation sites excluding steroid dienone is 2. The van der Waals surface area contributed by atoms with Crippen molar-refractivity contribution in [1.29, 1.82) is 0 Å². The van der Waals surface area contributed by atoms with E-state index >= 15 is 0 Å². The SMILES string of the molecule is CN1/C(=C\C(=O)c2cccc(S(=O)(=O)Nc3ccc(Cl)cc3)c2)C(C)(C)c2ccccc21. The lowest BCUT2D eigenvalue weighted by Crippen LogP contribution is -2.24. The van der Waals surface area contributed by atoms with Crippen LogP contribution in [-0.2, 0) is 15.4 Å². The van der Waals surface area contributed by atoms with Crippen molar-refractivity contribution in [3.63, 3.8) is 0 Å². The minimum Gasteiger partial charge on any atom is -0.347 e. The topological polar surface area (TPSA) is 66.5 Å². The molecule has 5 nitrogen and oxygen atoms in total. The van der Waals surface area contributed by atoms with Crippen LogP contribution < -0.4 is 9.62 Å². The van der Waals surface area contributed by atoms with Gasteiger partial charge in [0.05, 0.1) is 4.90 Å². The Bertz CT molecular complexity index is 1330. The summed E-state index contributed by atoms with van der Waals surface area (Å²) in [6, 6.07) is 20.5. The maximum atomic E-state index is 13.1. The number of rotatable bonds is 5. The van der Waals surface area contributed by atoms with E-state index in [1.165, 1.54) is 12.1 Å². The van der Waals surface area contributed by atoms with Crippen LogP contribution in [0.3, 0.4) is 0 Å². The molecule has 0 atom stereocenters. The number of likely N-dealkylation sites (N-methyl/N-ethyl adjacent to an activating group) is 1. The number of halogens is 1. The van der Waals surface area contributed by atoms with Crippen molar-refractivity contribution >= 4 is 38.8 Å². The quantitative estimate of drug-likeness (QED) is 0.390. The Morgan fingerprint density at radius 1 is 1.00 bits per heavy atom. The van der Waals surface area contributed by atoms with E-state index in [2.05, 4.69) is 24.6 Å². The summed E-state index contributed by atoms with van der Waals surface area (Å²) in [4.78, 5) is 15.1. The van der Waals surface area contributed by atoms with Gasteiger partial charge in [-0.2, -0.15) is 0 Å². The Labute approximate surface area is 193 Å². The second-order valence-electron chi connectivity index (χ2n) is 8.24. The zero-order valence-corrected chi connectivity index (χ0v) is 19.5. The number of para-hydroxylation sites is 1. The number of fused-ring (bicyclic) bond motifs is 1. The molecule has 0 fully saturated rings. The van der Waals surface area contributed by atoms with E-state index in [1.54, 1.807) is 42.5 Å². The fraction of sp³-hybridized carbons (Fsp3) is 0.160. The molecule has 1 N–H and O–H groups in total. The number of benzene rings is 3. The van der Waals surface area contributed by atoms with Gasteiger partial charge in [-0.3, -0.25) is 9.52 Å². The lowest BCUT2D eigenvalue weighted by atomic mass is 9.83. The van der Waals surface area contributed by atoms with Crippen molar-refractivity contribution in [2.45, 2.75) is 24.2 Å². The number of carbonyl (C=O) groups excluding carboxylic acids is 1. The summed E-state index contributed by atoms with van der Waals surface area (Å²) in [5.74, 6) is -0.253. The third-order valence-electron chi connectivity index (χ3n) is 5.73. The summed E-state index contributed by atoms with van der Waals surface area (Å²) in [6.45, 7) is 4.15. The summed E-state index contributed by atoms with van der Waals surface area (Å²) in [5, 5.41) is 0.510. The van der Waals surface area contributed by atoms with Crippen LogP contribution in [0.2, 0.25) is 5.02 Å². The van der Waals surface area contributed by atoms with E-state index in [0.717, 1.165) is 16.9 Å². The number of hydrogen-bond acceptors (Lipinski definition) is 4. The van der Waals surface area contributed by atoms with Crippen LogP contribution in [0.5, 0.6) is 0 Å². The number of carbonyl (C=O) groups is 1. The molecule has 0 bridgehead atoms. The third-order valence-corrected chi connectivity index (χ3v) is 7.36. The molecule has 4 rings (SSSR count). The molecule has 1 heterocycles. The van der Waals surface area contributed by atoms with Gasteiger partial charge < -0.3 is 4.90 Å². The Morgan fingerprint density at radius 3 is 2.38 bits per heavy atom. The van der Waals surface area contributed by atoms with Crippen LogP contribution >= 0.6 is 11.6 Å². The molecule has 0 radical (unpaired) electrons. The first-order chi connectivity index (χ1) is 15.1. The molecule has 0 aromatic heterocycles. The monoisotopic (exact) mass is 466 g/mol. The number of nitrogens with one attached hydrogen (secondary N) is 1. The fourth-order valence-electron chi connectivity index (χ4n) is 4.01. The van der Waals surface area contributed by atoms with Gasteiger partial charge in [-0.1, -0.05) is 55.8 Å². The maximum absolute atomic E-state index is 13.1. The molecule has 164 valence electrons. The normalized spacial score (nSPS) is 16.1. The van der Waals surface area contributed by atoms with Crippen molar-refractivity contribution in [2.75, 3.05) is 16.7 Å². The van der Waals surface area contributed by atoms with Crippen LogP contribution in [-0.4, -0.2) is 21.2 Å². The van der Waals surface area contributed by atoms with E-state index in [9.17, 15) is 13.2 Å². The second-order valence-corrected chi connectivity index (χ2v) is 10.4. The molecule has 0 aliphatic carbocycles. The van der Waals surface area contributed by atoms with E-state index in [-0.39, 0.29) is 16.1 Å². The highest BCUT2D eigenvalue weighted by Gasteiger charge is 2.38. The Balaban J connectivity index is 1.64. The summed E-state index contributed by atoms with van der Waals surface area (Å²) >= 11 is 5.86. The van der Waals surface area contributed by atoms with Gasteiger partial charge in [-0.05, 0) is 48.0 Å². The molecule has 0 amide bonds. The minimum atomic E-state index is -3.86. The predicted octanol–water partition coefficient (Wildman–Crippen LogP) is 5.64. The smallest absolute Gasteiger partial charge is 0.261 e. The number of anilines is 2. The van der Waals surface area contributed by atoms with Crippen molar-refractivity contribution < 1.29 is 13.2 Å². The zero-order chi connectivity index (χ0) is 23.1. The number of ketones is 1. The molecule has 0 saturated heterocycles. The van der Waals surface area contributed by atoms with E-state index in [1.807, 2.05) is 30.1 Å². The molecule has 0 spiro atoms. The third kappa shape index (κ3) is 4.04. The number of hydrogen-bond donors (Lipinski definition) is 1. The average Bonchev–Trinajstić information content (AvgIpc) is 2.96. The lowest BCUT2D eigenvalue weighted by molar-refractivity contribution is 0.104. The first kappa shape index (κ1) is 22.1. The van der Waals surface area contributed by atoms with Crippen molar-refractivity contribution in [2.24, 2.45) is 0 Å². The molecule has 3 aromatic carbocycles. The van der Waals surface area contributed by atoms with E-state index in [4.69, 9.17) is 11.6 Å². The average molecular weight is 467 g/mol. The second kappa shape index (κ2) is 8.11. The maximum Gasteiger partial charge on any atom is 0.261 e. The van der Waals surface area contributed by atoms with Gasteiger partial charge in [0.25, 0.3) is 10.0 Å². The van der Waals surface area contributed by atoms with Crippen LogP contribution in [0.15, 0.2) is 89.5 Å². The van der Waals surface area contributed by atoms with Gasteiger partial charge in [0.15, 0.2) is 5.78 Å². The molecular formula is C25H23ClN2O3S. The lowest BCUT2D eigenvalue weighted by Gasteiger charge is -2.24. The van der Waals surface area contributed by atoms with Crippen LogP contribution in [0, 0.1) is 0 Å². The fourth-order valence-corrected chi connectivity index (χ4v) is 5.24. The van der Waals surface area contributed by atoms with Gasteiger partial charge in [-0.25, -0.2) is 8.42 Å².